The minimum Gasteiger partial charge on any atom is -0.483 e. The van der Waals surface area contributed by atoms with E-state index < -0.39 is 17.3 Å². The number of carboxylic acid groups (broad SMARTS) is 1. The van der Waals surface area contributed by atoms with Crippen molar-refractivity contribution in [1.82, 2.24) is 14.7 Å². The van der Waals surface area contributed by atoms with Crippen LogP contribution in [0.25, 0.3) is 0 Å². The Bertz CT molecular complexity index is 552. The molecule has 0 aromatic carbocycles. The van der Waals surface area contributed by atoms with Crippen molar-refractivity contribution in [2.45, 2.75) is 63.5 Å². The second-order valence-corrected chi connectivity index (χ2v) is 6.97. The number of ether oxygens (including phenoxy) is 1. The predicted octanol–water partition coefficient (Wildman–Crippen LogP) is 0.471. The monoisotopic (exact) mass is 355 g/mol. The number of carbonyl (C=O) groups is 1. The summed E-state index contributed by atoms with van der Waals surface area (Å²) in [5, 5.41) is 32.3. The standard InChI is InChI=1S/C16H27N3O3.CH2O2/c1-3-19-8-4-13(17-19)12-18-9-5-16(6-10-18)14(20)15(2,21)7-11-22-16;2-1-3/h4,8,14,20-21H,3,5-7,9-12H2,1-2H3;1H,(H,2,3)/t14-,15+;/m0./s1. The molecule has 1 aromatic rings. The minimum absolute atomic E-state index is 0.250. The Kier molecular flexibility index (Phi) is 6.56. The van der Waals surface area contributed by atoms with Crippen LogP contribution < -0.4 is 0 Å². The van der Waals surface area contributed by atoms with Crippen LogP contribution in [0, 0.1) is 0 Å². The third-order valence-electron chi connectivity index (χ3n) is 5.19. The van der Waals surface area contributed by atoms with Gasteiger partial charge in [-0.15, -0.1) is 0 Å². The summed E-state index contributed by atoms with van der Waals surface area (Å²) in [5.74, 6) is 0. The Morgan fingerprint density at radius 1 is 1.40 bits per heavy atom. The van der Waals surface area contributed by atoms with E-state index in [9.17, 15) is 10.2 Å². The molecule has 0 aliphatic carbocycles. The Morgan fingerprint density at radius 3 is 2.60 bits per heavy atom. The second-order valence-electron chi connectivity index (χ2n) is 6.97. The van der Waals surface area contributed by atoms with Gasteiger partial charge in [-0.1, -0.05) is 0 Å². The van der Waals surface area contributed by atoms with Gasteiger partial charge in [-0.05, 0) is 32.8 Å². The predicted molar refractivity (Wildman–Crippen MR) is 91.0 cm³/mol. The zero-order valence-corrected chi connectivity index (χ0v) is 15.0. The summed E-state index contributed by atoms with van der Waals surface area (Å²) in [4.78, 5) is 10.7. The highest BCUT2D eigenvalue weighted by atomic mass is 16.5. The van der Waals surface area contributed by atoms with E-state index in [2.05, 4.69) is 23.0 Å². The molecule has 1 aromatic heterocycles. The maximum absolute atomic E-state index is 10.5. The lowest BCUT2D eigenvalue weighted by molar-refractivity contribution is -0.246. The van der Waals surface area contributed by atoms with E-state index in [0.717, 1.165) is 44.7 Å². The Morgan fingerprint density at radius 2 is 2.04 bits per heavy atom. The molecule has 2 saturated heterocycles. The first-order chi connectivity index (χ1) is 11.9. The fourth-order valence-electron chi connectivity index (χ4n) is 3.64. The van der Waals surface area contributed by atoms with Gasteiger partial charge in [-0.3, -0.25) is 14.4 Å². The van der Waals surface area contributed by atoms with Crippen LogP contribution in [0.3, 0.4) is 0 Å². The molecule has 0 amide bonds. The quantitative estimate of drug-likeness (QED) is 0.677. The summed E-state index contributed by atoms with van der Waals surface area (Å²) in [6, 6.07) is 2.06. The summed E-state index contributed by atoms with van der Waals surface area (Å²) >= 11 is 0. The first-order valence-corrected chi connectivity index (χ1v) is 8.74. The van der Waals surface area contributed by atoms with Gasteiger partial charge >= 0.3 is 0 Å². The minimum atomic E-state index is -1.04. The second kappa shape index (κ2) is 8.27. The highest BCUT2D eigenvalue weighted by Gasteiger charge is 2.52. The van der Waals surface area contributed by atoms with E-state index in [1.807, 2.05) is 10.9 Å². The summed E-state index contributed by atoms with van der Waals surface area (Å²) in [6.45, 7) is 7.48. The smallest absolute Gasteiger partial charge is 0.290 e. The van der Waals surface area contributed by atoms with Gasteiger partial charge < -0.3 is 20.1 Å². The normalized spacial score (nSPS) is 29.0. The van der Waals surface area contributed by atoms with E-state index in [1.165, 1.54) is 0 Å². The number of likely N-dealkylation sites (tertiary alicyclic amines) is 1. The molecule has 0 bridgehead atoms. The van der Waals surface area contributed by atoms with Crippen molar-refractivity contribution in [2.24, 2.45) is 0 Å². The molecule has 0 saturated carbocycles. The zero-order chi connectivity index (χ0) is 18.5. The van der Waals surface area contributed by atoms with Gasteiger partial charge in [0.05, 0.1) is 23.5 Å². The lowest BCUT2D eigenvalue weighted by Gasteiger charge is -2.51. The number of nitrogens with zero attached hydrogens (tertiary/aromatic N) is 3. The number of aryl methyl sites for hydroxylation is 1. The van der Waals surface area contributed by atoms with Gasteiger partial charge in [0.2, 0.25) is 0 Å². The number of aliphatic hydroxyl groups is 2. The molecular weight excluding hydrogens is 326 g/mol. The van der Waals surface area contributed by atoms with E-state index in [-0.39, 0.29) is 6.47 Å². The van der Waals surface area contributed by atoms with Crippen molar-refractivity contribution in [2.75, 3.05) is 19.7 Å². The van der Waals surface area contributed by atoms with E-state index in [4.69, 9.17) is 14.6 Å². The maximum Gasteiger partial charge on any atom is 0.290 e. The fraction of sp³-hybridized carbons (Fsp3) is 0.765. The number of hydrogen-bond acceptors (Lipinski definition) is 6. The molecule has 2 fully saturated rings. The third-order valence-corrected chi connectivity index (χ3v) is 5.19. The molecule has 3 heterocycles. The zero-order valence-electron chi connectivity index (χ0n) is 15.0. The Labute approximate surface area is 148 Å². The van der Waals surface area contributed by atoms with Gasteiger partial charge in [-0.25, -0.2) is 0 Å². The van der Waals surface area contributed by atoms with Crippen LogP contribution in [0.1, 0.15) is 38.8 Å². The molecule has 0 radical (unpaired) electrons. The van der Waals surface area contributed by atoms with Gasteiger partial charge in [-0.2, -0.15) is 5.10 Å². The molecule has 2 aliphatic heterocycles. The van der Waals surface area contributed by atoms with Crippen LogP contribution in [0.2, 0.25) is 0 Å². The van der Waals surface area contributed by atoms with Crippen LogP contribution in [0.5, 0.6) is 0 Å². The molecule has 25 heavy (non-hydrogen) atoms. The first kappa shape index (κ1) is 19.8. The van der Waals surface area contributed by atoms with Crippen LogP contribution in [0.15, 0.2) is 12.3 Å². The van der Waals surface area contributed by atoms with Gasteiger partial charge in [0.1, 0.15) is 6.10 Å². The molecule has 0 unspecified atom stereocenters. The average Bonchev–Trinajstić information content (AvgIpc) is 3.03. The van der Waals surface area contributed by atoms with Crippen molar-refractivity contribution < 1.29 is 24.9 Å². The van der Waals surface area contributed by atoms with Crippen molar-refractivity contribution >= 4 is 6.47 Å². The highest BCUT2D eigenvalue weighted by molar-refractivity contribution is 5.32. The van der Waals surface area contributed by atoms with Crippen LogP contribution in [-0.2, 0) is 22.6 Å². The third kappa shape index (κ3) is 4.58. The molecule has 2 atom stereocenters. The van der Waals surface area contributed by atoms with Crippen molar-refractivity contribution in [3.63, 3.8) is 0 Å². The number of aliphatic hydroxyl groups excluding tert-OH is 1. The molecule has 2 aliphatic rings. The lowest BCUT2D eigenvalue weighted by Crippen LogP contribution is -2.64. The molecule has 8 heteroatoms. The van der Waals surface area contributed by atoms with Crippen LogP contribution in [0.4, 0.5) is 0 Å². The summed E-state index contributed by atoms with van der Waals surface area (Å²) < 4.78 is 7.85. The van der Waals surface area contributed by atoms with E-state index in [1.54, 1.807) is 6.92 Å². The lowest BCUT2D eigenvalue weighted by atomic mass is 9.75. The molecule has 3 N–H and O–H groups in total. The van der Waals surface area contributed by atoms with E-state index >= 15 is 0 Å². The number of hydrogen-bond donors (Lipinski definition) is 3. The van der Waals surface area contributed by atoms with Crippen molar-refractivity contribution in [1.29, 1.82) is 0 Å². The molecule has 142 valence electrons. The van der Waals surface area contributed by atoms with Crippen LogP contribution in [-0.4, -0.2) is 73.5 Å². The number of aromatic nitrogens is 2. The van der Waals surface area contributed by atoms with Crippen molar-refractivity contribution in [3.8, 4) is 0 Å². The molecule has 8 nitrogen and oxygen atoms in total. The first-order valence-electron chi connectivity index (χ1n) is 8.74. The summed E-state index contributed by atoms with van der Waals surface area (Å²) in [5.41, 5.74) is -0.545. The van der Waals surface area contributed by atoms with Crippen molar-refractivity contribution in [3.05, 3.63) is 18.0 Å². The average molecular weight is 355 g/mol. The van der Waals surface area contributed by atoms with Gasteiger partial charge in [0.25, 0.3) is 6.47 Å². The molecular formula is C17H29N3O5. The number of piperidine rings is 1. The van der Waals surface area contributed by atoms with E-state index in [0.29, 0.717) is 13.0 Å². The Hall–Kier alpha value is -1.48. The topological polar surface area (TPSA) is 108 Å². The fourth-order valence-corrected chi connectivity index (χ4v) is 3.64. The number of rotatable bonds is 3. The maximum atomic E-state index is 10.5. The Balaban J connectivity index is 0.000000701. The highest BCUT2D eigenvalue weighted by Crippen LogP contribution is 2.39. The summed E-state index contributed by atoms with van der Waals surface area (Å²) in [6.07, 6.45) is 3.19. The van der Waals surface area contributed by atoms with Crippen LogP contribution >= 0.6 is 0 Å². The SMILES string of the molecule is CCn1ccc(CN2CCC3(CC2)OCC[C@@](C)(O)[C@@H]3O)n1.O=CO. The molecule has 1 spiro atoms. The summed E-state index contributed by atoms with van der Waals surface area (Å²) in [7, 11) is 0. The largest absolute Gasteiger partial charge is 0.483 e. The molecule has 3 rings (SSSR count). The van der Waals surface area contributed by atoms with Gasteiger partial charge in [0, 0.05) is 38.8 Å². The van der Waals surface area contributed by atoms with Gasteiger partial charge in [0.15, 0.2) is 0 Å².